The van der Waals surface area contributed by atoms with Crippen molar-refractivity contribution in [3.8, 4) is 17.0 Å². The quantitative estimate of drug-likeness (QED) is 0.740. The molecule has 20 heavy (non-hydrogen) atoms. The number of anilines is 1. The fourth-order valence-electron chi connectivity index (χ4n) is 3.23. The molecular formula is C15H18N4O. The topological polar surface area (TPSA) is 62.1 Å². The molecule has 5 nitrogen and oxygen atoms in total. The first-order valence-corrected chi connectivity index (χ1v) is 7.15. The van der Waals surface area contributed by atoms with Gasteiger partial charge in [-0.15, -0.1) is 0 Å². The molecule has 3 heterocycles. The van der Waals surface area contributed by atoms with Crippen LogP contribution in [0.15, 0.2) is 30.3 Å². The second-order valence-corrected chi connectivity index (χ2v) is 5.61. The van der Waals surface area contributed by atoms with Gasteiger partial charge in [-0.2, -0.15) is 5.10 Å². The number of nitrogens with zero attached hydrogens (tertiary/aromatic N) is 2. The number of nitrogens with one attached hydrogen (secondary N) is 2. The normalized spacial score (nSPS) is 24.6. The van der Waals surface area contributed by atoms with Crippen molar-refractivity contribution < 1.29 is 5.11 Å². The maximum atomic E-state index is 9.38. The first-order valence-electron chi connectivity index (χ1n) is 7.15. The van der Waals surface area contributed by atoms with Crippen LogP contribution in [0.25, 0.3) is 11.3 Å². The maximum absolute atomic E-state index is 9.38. The Morgan fingerprint density at radius 1 is 1.20 bits per heavy atom. The van der Waals surface area contributed by atoms with E-state index in [-0.39, 0.29) is 5.75 Å². The zero-order chi connectivity index (χ0) is 13.5. The van der Waals surface area contributed by atoms with Crippen LogP contribution in [0.3, 0.4) is 0 Å². The number of hydrogen-bond donors (Lipinski definition) is 3. The van der Waals surface area contributed by atoms with Crippen LogP contribution >= 0.6 is 0 Å². The molecule has 0 amide bonds. The lowest BCUT2D eigenvalue weighted by molar-refractivity contribution is 0.238. The van der Waals surface area contributed by atoms with Crippen molar-refractivity contribution >= 4 is 5.82 Å². The minimum atomic E-state index is 0.286. The van der Waals surface area contributed by atoms with E-state index >= 15 is 0 Å². The largest absolute Gasteiger partial charge is 0.508 e. The van der Waals surface area contributed by atoms with Gasteiger partial charge in [0.2, 0.25) is 0 Å². The Hall–Kier alpha value is -2.01. The van der Waals surface area contributed by atoms with E-state index in [0.29, 0.717) is 12.0 Å². The average Bonchev–Trinajstić information content (AvgIpc) is 2.92. The maximum Gasteiger partial charge on any atom is 0.125 e. The van der Waals surface area contributed by atoms with Crippen LogP contribution in [0.5, 0.6) is 5.75 Å². The molecule has 1 fully saturated rings. The van der Waals surface area contributed by atoms with Gasteiger partial charge < -0.3 is 15.7 Å². The van der Waals surface area contributed by atoms with Crippen molar-refractivity contribution in [1.82, 2.24) is 15.1 Å². The van der Waals surface area contributed by atoms with Crippen LogP contribution in [0, 0.1) is 5.92 Å². The molecule has 2 aliphatic rings. The number of hydrogen-bond acceptors (Lipinski definition) is 4. The van der Waals surface area contributed by atoms with E-state index < -0.39 is 0 Å². The molecule has 2 unspecified atom stereocenters. The summed E-state index contributed by atoms with van der Waals surface area (Å²) in [6.07, 6.45) is 1.13. The first-order chi connectivity index (χ1) is 9.81. The SMILES string of the molecule is Oc1ccc(-c2cc3n(n2)C2CCNCC2CN3)cc1. The van der Waals surface area contributed by atoms with Crippen LogP contribution in [-0.4, -0.2) is 34.5 Å². The highest BCUT2D eigenvalue weighted by atomic mass is 16.3. The van der Waals surface area contributed by atoms with Crippen LogP contribution in [0.2, 0.25) is 0 Å². The van der Waals surface area contributed by atoms with E-state index in [1.165, 1.54) is 0 Å². The fourth-order valence-corrected chi connectivity index (χ4v) is 3.23. The van der Waals surface area contributed by atoms with Gasteiger partial charge in [-0.1, -0.05) is 0 Å². The highest BCUT2D eigenvalue weighted by Crippen LogP contribution is 2.34. The predicted octanol–water partition coefficient (Wildman–Crippen LogP) is 1.83. The summed E-state index contributed by atoms with van der Waals surface area (Å²) in [5.74, 6) is 2.01. The van der Waals surface area contributed by atoms with Crippen LogP contribution < -0.4 is 10.6 Å². The van der Waals surface area contributed by atoms with Gasteiger partial charge >= 0.3 is 0 Å². The van der Waals surface area contributed by atoms with Gasteiger partial charge in [0.1, 0.15) is 11.6 Å². The van der Waals surface area contributed by atoms with Crippen molar-refractivity contribution in [1.29, 1.82) is 0 Å². The molecule has 1 aromatic carbocycles. The first kappa shape index (κ1) is 11.8. The van der Waals surface area contributed by atoms with Gasteiger partial charge in [0, 0.05) is 30.6 Å². The highest BCUT2D eigenvalue weighted by Gasteiger charge is 2.32. The highest BCUT2D eigenvalue weighted by molar-refractivity contribution is 5.64. The molecule has 0 saturated carbocycles. The molecule has 2 aliphatic heterocycles. The number of phenolic OH excluding ortho intramolecular Hbond substituents is 1. The second-order valence-electron chi connectivity index (χ2n) is 5.61. The molecule has 0 bridgehead atoms. The lowest BCUT2D eigenvalue weighted by Gasteiger charge is -2.37. The minimum Gasteiger partial charge on any atom is -0.508 e. The van der Waals surface area contributed by atoms with Crippen LogP contribution in [0.1, 0.15) is 12.5 Å². The van der Waals surface area contributed by atoms with Gasteiger partial charge in [0.05, 0.1) is 11.7 Å². The van der Waals surface area contributed by atoms with Gasteiger partial charge in [0.15, 0.2) is 0 Å². The number of phenols is 1. The van der Waals surface area contributed by atoms with E-state index in [9.17, 15) is 5.11 Å². The fraction of sp³-hybridized carbons (Fsp3) is 0.400. The summed E-state index contributed by atoms with van der Waals surface area (Å²) in [5, 5.41) is 21.1. The monoisotopic (exact) mass is 270 g/mol. The Labute approximate surface area is 117 Å². The Morgan fingerprint density at radius 3 is 2.90 bits per heavy atom. The Balaban J connectivity index is 1.71. The Bertz CT molecular complexity index is 619. The molecular weight excluding hydrogens is 252 g/mol. The lowest BCUT2D eigenvalue weighted by atomic mass is 9.92. The number of rotatable bonds is 1. The summed E-state index contributed by atoms with van der Waals surface area (Å²) in [4.78, 5) is 0. The lowest BCUT2D eigenvalue weighted by Crippen LogP contribution is -2.44. The molecule has 0 aliphatic carbocycles. The van der Waals surface area contributed by atoms with Gasteiger partial charge in [-0.25, -0.2) is 4.68 Å². The molecule has 1 aromatic heterocycles. The Kier molecular flexibility index (Phi) is 2.67. The van der Waals surface area contributed by atoms with Crippen LogP contribution in [0.4, 0.5) is 5.82 Å². The summed E-state index contributed by atoms with van der Waals surface area (Å²) in [6.45, 7) is 3.14. The Morgan fingerprint density at radius 2 is 2.05 bits per heavy atom. The number of piperidine rings is 1. The smallest absolute Gasteiger partial charge is 0.125 e. The minimum absolute atomic E-state index is 0.286. The summed E-state index contributed by atoms with van der Waals surface area (Å²) in [6, 6.07) is 9.82. The molecule has 2 aromatic rings. The molecule has 4 rings (SSSR count). The molecule has 2 atom stereocenters. The summed E-state index contributed by atoms with van der Waals surface area (Å²) in [5.41, 5.74) is 2.00. The molecule has 3 N–H and O–H groups in total. The summed E-state index contributed by atoms with van der Waals surface area (Å²) in [7, 11) is 0. The van der Waals surface area contributed by atoms with E-state index in [1.54, 1.807) is 12.1 Å². The van der Waals surface area contributed by atoms with Gasteiger partial charge in [-0.05, 0) is 37.2 Å². The summed E-state index contributed by atoms with van der Waals surface area (Å²) < 4.78 is 2.15. The number of aromatic hydroxyl groups is 1. The van der Waals surface area contributed by atoms with E-state index in [2.05, 4.69) is 21.4 Å². The second kappa shape index (κ2) is 4.52. The molecule has 1 saturated heterocycles. The van der Waals surface area contributed by atoms with E-state index in [0.717, 1.165) is 43.1 Å². The van der Waals surface area contributed by atoms with Crippen molar-refractivity contribution in [3.63, 3.8) is 0 Å². The third-order valence-corrected chi connectivity index (χ3v) is 4.33. The van der Waals surface area contributed by atoms with Crippen molar-refractivity contribution in [3.05, 3.63) is 30.3 Å². The van der Waals surface area contributed by atoms with E-state index in [4.69, 9.17) is 5.10 Å². The third kappa shape index (κ3) is 1.86. The number of fused-ring (bicyclic) bond motifs is 3. The van der Waals surface area contributed by atoms with Gasteiger partial charge in [-0.3, -0.25) is 0 Å². The van der Waals surface area contributed by atoms with Crippen molar-refractivity contribution in [2.24, 2.45) is 5.92 Å². The van der Waals surface area contributed by atoms with Crippen LogP contribution in [-0.2, 0) is 0 Å². The molecule has 5 heteroatoms. The third-order valence-electron chi connectivity index (χ3n) is 4.33. The zero-order valence-corrected chi connectivity index (χ0v) is 11.2. The molecule has 104 valence electrons. The van der Waals surface area contributed by atoms with Gasteiger partial charge in [0.25, 0.3) is 0 Å². The molecule has 0 spiro atoms. The zero-order valence-electron chi connectivity index (χ0n) is 11.2. The summed E-state index contributed by atoms with van der Waals surface area (Å²) >= 11 is 0. The predicted molar refractivity (Wildman–Crippen MR) is 77.8 cm³/mol. The standard InChI is InChI=1S/C15H18N4O/c20-12-3-1-10(2-4-12)13-7-15-17-9-11-8-16-6-5-14(11)19(15)18-13/h1-4,7,11,14,16-17,20H,5-6,8-9H2. The number of aromatic nitrogens is 2. The van der Waals surface area contributed by atoms with Crippen molar-refractivity contribution in [2.45, 2.75) is 12.5 Å². The number of benzene rings is 1. The van der Waals surface area contributed by atoms with E-state index in [1.807, 2.05) is 12.1 Å². The molecule has 0 radical (unpaired) electrons. The average molecular weight is 270 g/mol. The van der Waals surface area contributed by atoms with Crippen molar-refractivity contribution in [2.75, 3.05) is 25.0 Å².